The molecule has 4 rings (SSSR count). The molecule has 2 aromatic carbocycles. The number of H-pyrrole nitrogens is 1. The first-order valence-corrected chi connectivity index (χ1v) is 9.74. The Morgan fingerprint density at radius 2 is 1.97 bits per heavy atom. The lowest BCUT2D eigenvalue weighted by Crippen LogP contribution is -2.25. The van der Waals surface area contributed by atoms with E-state index in [0.717, 1.165) is 34.1 Å². The van der Waals surface area contributed by atoms with Crippen LogP contribution in [0, 0.1) is 6.92 Å². The molecule has 1 aliphatic rings. The van der Waals surface area contributed by atoms with Crippen molar-refractivity contribution in [1.82, 2.24) is 4.98 Å². The zero-order valence-corrected chi connectivity index (χ0v) is 16.5. The summed E-state index contributed by atoms with van der Waals surface area (Å²) in [5.74, 6) is -0.168. The third-order valence-electron chi connectivity index (χ3n) is 5.34. The molecule has 2 N–H and O–H groups in total. The Morgan fingerprint density at radius 1 is 1.14 bits per heavy atom. The standard InChI is InChI=1S/C23H23N3O3/c1-14-3-4-17-12-18(23(29)25-20(17)11-14)6-8-22(28)24-19-7-5-16-9-10-26(15(2)27)21(16)13-19/h3-5,7,11-13H,6,8-10H2,1-2H3,(H,24,28)(H,25,29). The highest BCUT2D eigenvalue weighted by atomic mass is 16.2. The van der Waals surface area contributed by atoms with Gasteiger partial charge in [0.05, 0.1) is 0 Å². The van der Waals surface area contributed by atoms with Crippen LogP contribution >= 0.6 is 0 Å². The number of aryl methyl sites for hydroxylation is 2. The molecule has 0 fully saturated rings. The van der Waals surface area contributed by atoms with Gasteiger partial charge >= 0.3 is 0 Å². The number of rotatable bonds is 4. The Kier molecular flexibility index (Phi) is 4.92. The lowest BCUT2D eigenvalue weighted by Gasteiger charge is -2.15. The number of nitrogens with one attached hydrogen (secondary N) is 2. The minimum absolute atomic E-state index is 0.00190. The number of nitrogens with zero attached hydrogens (tertiary/aromatic N) is 1. The van der Waals surface area contributed by atoms with Crippen molar-refractivity contribution in [1.29, 1.82) is 0 Å². The molecule has 1 aromatic heterocycles. The third kappa shape index (κ3) is 3.92. The van der Waals surface area contributed by atoms with Gasteiger partial charge in [0.2, 0.25) is 11.8 Å². The van der Waals surface area contributed by atoms with Crippen molar-refractivity contribution in [2.45, 2.75) is 33.1 Å². The SMILES string of the molecule is CC(=O)N1CCc2ccc(NC(=O)CCc3cc4ccc(C)cc4[nH]c3=O)cc21. The van der Waals surface area contributed by atoms with Gasteiger partial charge in [-0.1, -0.05) is 18.2 Å². The zero-order chi connectivity index (χ0) is 20.5. The van der Waals surface area contributed by atoms with E-state index in [9.17, 15) is 14.4 Å². The van der Waals surface area contributed by atoms with Crippen LogP contribution in [-0.2, 0) is 22.4 Å². The second-order valence-electron chi connectivity index (χ2n) is 7.53. The predicted octanol–water partition coefficient (Wildman–Crippen LogP) is 3.32. The average Bonchev–Trinajstić information content (AvgIpc) is 3.10. The van der Waals surface area contributed by atoms with E-state index in [1.54, 1.807) is 11.8 Å². The van der Waals surface area contributed by atoms with Gasteiger partial charge in [-0.15, -0.1) is 0 Å². The van der Waals surface area contributed by atoms with Crippen LogP contribution in [0.4, 0.5) is 11.4 Å². The van der Waals surface area contributed by atoms with Gasteiger partial charge in [-0.25, -0.2) is 0 Å². The molecule has 6 heteroatoms. The fraction of sp³-hybridized carbons (Fsp3) is 0.261. The number of hydrogen-bond donors (Lipinski definition) is 2. The summed E-state index contributed by atoms with van der Waals surface area (Å²) in [6, 6.07) is 13.4. The first-order valence-electron chi connectivity index (χ1n) is 9.74. The maximum atomic E-state index is 12.4. The molecule has 0 atom stereocenters. The summed E-state index contributed by atoms with van der Waals surface area (Å²) in [4.78, 5) is 41.1. The maximum Gasteiger partial charge on any atom is 0.251 e. The van der Waals surface area contributed by atoms with E-state index in [4.69, 9.17) is 0 Å². The molecule has 3 aromatic rings. The molecule has 0 saturated carbocycles. The van der Waals surface area contributed by atoms with E-state index in [0.29, 0.717) is 24.2 Å². The zero-order valence-electron chi connectivity index (χ0n) is 16.5. The van der Waals surface area contributed by atoms with E-state index in [1.807, 2.05) is 49.4 Å². The normalized spacial score (nSPS) is 12.8. The van der Waals surface area contributed by atoms with Gasteiger partial charge in [-0.2, -0.15) is 0 Å². The average molecular weight is 389 g/mol. The second-order valence-corrected chi connectivity index (χ2v) is 7.53. The molecule has 29 heavy (non-hydrogen) atoms. The van der Waals surface area contributed by atoms with Crippen molar-refractivity contribution in [3.8, 4) is 0 Å². The Morgan fingerprint density at radius 3 is 2.76 bits per heavy atom. The lowest BCUT2D eigenvalue weighted by molar-refractivity contribution is -0.117. The Balaban J connectivity index is 1.45. The molecule has 2 amide bonds. The van der Waals surface area contributed by atoms with E-state index < -0.39 is 0 Å². The molecule has 0 saturated heterocycles. The topological polar surface area (TPSA) is 82.3 Å². The number of amides is 2. The van der Waals surface area contributed by atoms with Gasteiger partial charge in [0.25, 0.3) is 5.56 Å². The van der Waals surface area contributed by atoms with Crippen LogP contribution in [0.3, 0.4) is 0 Å². The highest BCUT2D eigenvalue weighted by Crippen LogP contribution is 2.31. The van der Waals surface area contributed by atoms with E-state index in [-0.39, 0.29) is 23.8 Å². The maximum absolute atomic E-state index is 12.4. The molecule has 0 aliphatic carbocycles. The molecule has 0 bridgehead atoms. The van der Waals surface area contributed by atoms with Crippen molar-refractivity contribution in [2.24, 2.45) is 0 Å². The van der Waals surface area contributed by atoms with Gasteiger partial charge in [-0.3, -0.25) is 14.4 Å². The van der Waals surface area contributed by atoms with Crippen LogP contribution in [0.2, 0.25) is 0 Å². The van der Waals surface area contributed by atoms with Crippen molar-refractivity contribution >= 4 is 34.1 Å². The van der Waals surface area contributed by atoms with Gasteiger partial charge in [0.1, 0.15) is 0 Å². The van der Waals surface area contributed by atoms with E-state index >= 15 is 0 Å². The number of hydrogen-bond acceptors (Lipinski definition) is 3. The van der Waals surface area contributed by atoms with Gasteiger partial charge in [-0.05, 0) is 60.5 Å². The molecule has 0 spiro atoms. The number of carbonyl (C=O) groups excluding carboxylic acids is 2. The quantitative estimate of drug-likeness (QED) is 0.718. The molecule has 0 unspecified atom stereocenters. The van der Waals surface area contributed by atoms with Gasteiger partial charge in [0.15, 0.2) is 0 Å². The first-order chi connectivity index (χ1) is 13.9. The largest absolute Gasteiger partial charge is 0.326 e. The number of aromatic nitrogens is 1. The molecule has 1 aliphatic heterocycles. The Hall–Kier alpha value is -3.41. The number of pyridine rings is 1. The molecule has 2 heterocycles. The first kappa shape index (κ1) is 18.9. The van der Waals surface area contributed by atoms with E-state index in [1.165, 1.54) is 0 Å². The summed E-state index contributed by atoms with van der Waals surface area (Å²) in [5, 5.41) is 3.83. The molecular formula is C23H23N3O3. The molecule has 6 nitrogen and oxygen atoms in total. The summed E-state index contributed by atoms with van der Waals surface area (Å²) >= 11 is 0. The number of benzene rings is 2. The summed E-state index contributed by atoms with van der Waals surface area (Å²) < 4.78 is 0. The van der Waals surface area contributed by atoms with Gasteiger partial charge < -0.3 is 15.2 Å². The van der Waals surface area contributed by atoms with Crippen LogP contribution in [0.25, 0.3) is 10.9 Å². The minimum Gasteiger partial charge on any atom is -0.326 e. The molecular weight excluding hydrogens is 366 g/mol. The third-order valence-corrected chi connectivity index (χ3v) is 5.34. The van der Waals surface area contributed by atoms with Crippen LogP contribution in [0.15, 0.2) is 47.3 Å². The highest BCUT2D eigenvalue weighted by molar-refractivity contribution is 5.96. The van der Waals surface area contributed by atoms with Crippen LogP contribution < -0.4 is 15.8 Å². The summed E-state index contributed by atoms with van der Waals surface area (Å²) in [6.07, 6.45) is 1.39. The fourth-order valence-electron chi connectivity index (χ4n) is 3.80. The Labute approximate surface area is 168 Å². The number of carbonyl (C=O) groups is 2. The molecule has 0 radical (unpaired) electrons. The monoisotopic (exact) mass is 389 g/mol. The second kappa shape index (κ2) is 7.54. The lowest BCUT2D eigenvalue weighted by atomic mass is 10.1. The number of anilines is 2. The van der Waals surface area contributed by atoms with Crippen molar-refractivity contribution in [3.05, 3.63) is 69.5 Å². The number of aromatic amines is 1. The number of fused-ring (bicyclic) bond motifs is 2. The van der Waals surface area contributed by atoms with Crippen molar-refractivity contribution in [3.63, 3.8) is 0 Å². The fourth-order valence-corrected chi connectivity index (χ4v) is 3.80. The Bertz CT molecular complexity index is 1180. The van der Waals surface area contributed by atoms with Crippen molar-refractivity contribution in [2.75, 3.05) is 16.8 Å². The minimum atomic E-state index is -0.166. The summed E-state index contributed by atoms with van der Waals surface area (Å²) in [5.41, 5.74) is 4.94. The predicted molar refractivity (Wildman–Crippen MR) is 114 cm³/mol. The summed E-state index contributed by atoms with van der Waals surface area (Å²) in [7, 11) is 0. The van der Waals surface area contributed by atoms with E-state index in [2.05, 4.69) is 10.3 Å². The van der Waals surface area contributed by atoms with Crippen LogP contribution in [-0.4, -0.2) is 23.3 Å². The van der Waals surface area contributed by atoms with Gasteiger partial charge in [0, 0.05) is 42.3 Å². The highest BCUT2D eigenvalue weighted by Gasteiger charge is 2.22. The van der Waals surface area contributed by atoms with Crippen LogP contribution in [0.5, 0.6) is 0 Å². The molecule has 148 valence electrons. The van der Waals surface area contributed by atoms with Crippen molar-refractivity contribution < 1.29 is 9.59 Å². The smallest absolute Gasteiger partial charge is 0.251 e. The van der Waals surface area contributed by atoms with Crippen LogP contribution in [0.1, 0.15) is 30.0 Å². The summed E-state index contributed by atoms with van der Waals surface area (Å²) in [6.45, 7) is 4.19.